The van der Waals surface area contributed by atoms with Crippen LogP contribution in [0.2, 0.25) is 0 Å². The first-order valence-corrected chi connectivity index (χ1v) is 4.28. The Balaban J connectivity index is 2.63. The molecule has 1 aliphatic carbocycles. The molecule has 66 valence electrons. The van der Waals surface area contributed by atoms with Gasteiger partial charge in [-0.05, 0) is 11.5 Å². The molecule has 0 spiro atoms. The number of alkyl halides is 1. The molecule has 2 unspecified atom stereocenters. The third-order valence-corrected chi connectivity index (χ3v) is 2.37. The molecular weight excluding hydrogens is 176 g/mol. The average molecular weight is 187 g/mol. The molecule has 0 aromatic carbocycles. The van der Waals surface area contributed by atoms with Crippen molar-refractivity contribution >= 4 is 17.6 Å². The molecule has 0 radical (unpaired) electrons. The molecule has 0 saturated heterocycles. The Morgan fingerprint density at radius 2 is 2.42 bits per heavy atom. The Morgan fingerprint density at radius 3 is 2.92 bits per heavy atom. The number of rotatable bonds is 2. The summed E-state index contributed by atoms with van der Waals surface area (Å²) in [6, 6.07) is 0. The van der Waals surface area contributed by atoms with E-state index < -0.39 is 5.97 Å². The normalized spacial score (nSPS) is 28.3. The first-order valence-electron chi connectivity index (χ1n) is 3.84. The van der Waals surface area contributed by atoms with Gasteiger partial charge in [-0.3, -0.25) is 4.79 Å². The predicted molar refractivity (Wildman–Crippen MR) is 48.3 cm³/mol. The van der Waals surface area contributed by atoms with E-state index in [0.29, 0.717) is 0 Å². The van der Waals surface area contributed by atoms with Crippen LogP contribution in [0.15, 0.2) is 23.8 Å². The van der Waals surface area contributed by atoms with E-state index in [1.165, 1.54) is 0 Å². The Hall–Kier alpha value is -0.760. The van der Waals surface area contributed by atoms with Gasteiger partial charge in [0.15, 0.2) is 0 Å². The van der Waals surface area contributed by atoms with Gasteiger partial charge in [0.25, 0.3) is 0 Å². The van der Waals surface area contributed by atoms with Crippen LogP contribution in [0.25, 0.3) is 0 Å². The second-order valence-electron chi connectivity index (χ2n) is 2.97. The molecule has 0 fully saturated rings. The maximum atomic E-state index is 10.3. The zero-order valence-electron chi connectivity index (χ0n) is 6.83. The Labute approximate surface area is 76.5 Å². The van der Waals surface area contributed by atoms with Crippen molar-refractivity contribution in [2.45, 2.75) is 18.7 Å². The van der Waals surface area contributed by atoms with Crippen LogP contribution in [0.4, 0.5) is 0 Å². The van der Waals surface area contributed by atoms with Crippen LogP contribution in [0.3, 0.4) is 0 Å². The molecule has 1 aliphatic rings. The molecule has 0 bridgehead atoms. The van der Waals surface area contributed by atoms with E-state index in [1.807, 2.05) is 19.1 Å². The third-order valence-electron chi connectivity index (χ3n) is 1.83. The van der Waals surface area contributed by atoms with Crippen molar-refractivity contribution in [2.75, 3.05) is 0 Å². The lowest BCUT2D eigenvalue weighted by Gasteiger charge is -2.16. The largest absolute Gasteiger partial charge is 0.481 e. The maximum Gasteiger partial charge on any atom is 0.307 e. The van der Waals surface area contributed by atoms with Crippen LogP contribution < -0.4 is 0 Å². The summed E-state index contributed by atoms with van der Waals surface area (Å²) in [6.07, 6.45) is 5.62. The number of aliphatic carboxylic acids is 1. The fraction of sp³-hybridized carbons (Fsp3) is 0.444. The van der Waals surface area contributed by atoms with Crippen molar-refractivity contribution in [3.63, 3.8) is 0 Å². The maximum absolute atomic E-state index is 10.3. The van der Waals surface area contributed by atoms with Crippen molar-refractivity contribution in [3.05, 3.63) is 23.8 Å². The van der Waals surface area contributed by atoms with Crippen molar-refractivity contribution in [1.82, 2.24) is 0 Å². The summed E-state index contributed by atoms with van der Waals surface area (Å²) < 4.78 is 0. The second-order valence-corrected chi connectivity index (χ2v) is 3.48. The van der Waals surface area contributed by atoms with Gasteiger partial charge in [0.05, 0.1) is 11.8 Å². The Morgan fingerprint density at radius 1 is 1.75 bits per heavy atom. The number of carboxylic acids is 1. The predicted octanol–water partition coefficient (Wildman–Crippen LogP) is 2.20. The van der Waals surface area contributed by atoms with Gasteiger partial charge >= 0.3 is 5.97 Å². The minimum Gasteiger partial charge on any atom is -0.481 e. The summed E-state index contributed by atoms with van der Waals surface area (Å²) in [5.41, 5.74) is 0.840. The van der Waals surface area contributed by atoms with Crippen LogP contribution in [-0.4, -0.2) is 16.5 Å². The number of hydrogen-bond acceptors (Lipinski definition) is 1. The molecule has 0 aliphatic heterocycles. The lowest BCUT2D eigenvalue weighted by atomic mass is 9.96. The molecule has 12 heavy (non-hydrogen) atoms. The van der Waals surface area contributed by atoms with E-state index in [2.05, 4.69) is 0 Å². The number of halogens is 1. The molecule has 1 rings (SSSR count). The minimum atomic E-state index is -0.800. The first-order chi connectivity index (χ1) is 5.59. The molecule has 0 heterocycles. The van der Waals surface area contributed by atoms with E-state index >= 15 is 0 Å². The molecular formula is C9H11ClO2. The Kier molecular flexibility index (Phi) is 2.93. The fourth-order valence-corrected chi connectivity index (χ4v) is 1.31. The molecule has 0 aromatic rings. The molecule has 3 heteroatoms. The Bertz CT molecular complexity index is 243. The van der Waals surface area contributed by atoms with Gasteiger partial charge < -0.3 is 5.11 Å². The van der Waals surface area contributed by atoms with E-state index in [4.69, 9.17) is 16.7 Å². The summed E-state index contributed by atoms with van der Waals surface area (Å²) >= 11 is 5.89. The summed E-state index contributed by atoms with van der Waals surface area (Å²) in [4.78, 5) is 10.3. The standard InChI is InChI=1S/C9H11ClO2/c1-6-4-7(5-9(11)12)2-3-8(6)10/h2-4,6,8H,5H2,1H3,(H,11,12). The lowest BCUT2D eigenvalue weighted by Crippen LogP contribution is -2.11. The summed E-state index contributed by atoms with van der Waals surface area (Å²) in [7, 11) is 0. The zero-order valence-corrected chi connectivity index (χ0v) is 7.58. The highest BCUT2D eigenvalue weighted by molar-refractivity contribution is 6.22. The summed E-state index contributed by atoms with van der Waals surface area (Å²) in [5, 5.41) is 8.51. The topological polar surface area (TPSA) is 37.3 Å². The lowest BCUT2D eigenvalue weighted by molar-refractivity contribution is -0.136. The fourth-order valence-electron chi connectivity index (χ4n) is 1.17. The van der Waals surface area contributed by atoms with Gasteiger partial charge in [-0.1, -0.05) is 25.2 Å². The monoisotopic (exact) mass is 186 g/mol. The second kappa shape index (κ2) is 3.76. The average Bonchev–Trinajstić information content (AvgIpc) is 1.96. The van der Waals surface area contributed by atoms with Gasteiger partial charge in [0.1, 0.15) is 0 Å². The van der Waals surface area contributed by atoms with Gasteiger partial charge in [-0.15, -0.1) is 11.6 Å². The van der Waals surface area contributed by atoms with Gasteiger partial charge in [-0.25, -0.2) is 0 Å². The zero-order chi connectivity index (χ0) is 9.14. The minimum absolute atomic E-state index is 0.00236. The van der Waals surface area contributed by atoms with Crippen LogP contribution in [0, 0.1) is 5.92 Å². The van der Waals surface area contributed by atoms with Crippen LogP contribution in [0.1, 0.15) is 13.3 Å². The van der Waals surface area contributed by atoms with Crippen molar-refractivity contribution in [3.8, 4) is 0 Å². The SMILES string of the molecule is CC1C=C(CC(=O)O)C=CC1Cl. The highest BCUT2D eigenvalue weighted by Crippen LogP contribution is 2.22. The quantitative estimate of drug-likeness (QED) is 0.672. The molecule has 0 amide bonds. The van der Waals surface area contributed by atoms with Crippen LogP contribution >= 0.6 is 11.6 Å². The third kappa shape index (κ3) is 2.38. The van der Waals surface area contributed by atoms with Crippen molar-refractivity contribution in [1.29, 1.82) is 0 Å². The van der Waals surface area contributed by atoms with Crippen LogP contribution in [-0.2, 0) is 4.79 Å². The molecule has 0 aromatic heterocycles. The van der Waals surface area contributed by atoms with Crippen molar-refractivity contribution in [2.24, 2.45) is 5.92 Å². The number of carbonyl (C=O) groups is 1. The van der Waals surface area contributed by atoms with E-state index in [0.717, 1.165) is 5.57 Å². The molecule has 1 N–H and O–H groups in total. The molecule has 2 nitrogen and oxygen atoms in total. The highest BCUT2D eigenvalue weighted by atomic mass is 35.5. The highest BCUT2D eigenvalue weighted by Gasteiger charge is 2.14. The van der Waals surface area contributed by atoms with E-state index in [1.54, 1.807) is 6.08 Å². The number of hydrogen-bond donors (Lipinski definition) is 1. The number of carboxylic acid groups (broad SMARTS) is 1. The smallest absolute Gasteiger partial charge is 0.307 e. The molecule has 0 saturated carbocycles. The summed E-state index contributed by atoms with van der Waals surface area (Å²) in [6.45, 7) is 1.98. The first kappa shape index (κ1) is 9.33. The van der Waals surface area contributed by atoms with Crippen molar-refractivity contribution < 1.29 is 9.90 Å². The summed E-state index contributed by atoms with van der Waals surface area (Å²) in [5.74, 6) is -0.572. The van der Waals surface area contributed by atoms with Gasteiger partial charge in [0, 0.05) is 0 Å². The molecule has 2 atom stereocenters. The van der Waals surface area contributed by atoms with E-state index in [9.17, 15) is 4.79 Å². The van der Waals surface area contributed by atoms with E-state index in [-0.39, 0.29) is 17.7 Å². The number of allylic oxidation sites excluding steroid dienone is 3. The van der Waals surface area contributed by atoms with Gasteiger partial charge in [-0.2, -0.15) is 0 Å². The van der Waals surface area contributed by atoms with Gasteiger partial charge in [0.2, 0.25) is 0 Å². The van der Waals surface area contributed by atoms with Crippen LogP contribution in [0.5, 0.6) is 0 Å².